The number of carbonyl (C=O) groups is 1. The van der Waals surface area contributed by atoms with E-state index < -0.39 is 11.6 Å². The Hall–Kier alpha value is -1.57. The lowest BCUT2D eigenvalue weighted by Gasteiger charge is -2.23. The molecular formula is C17H22F2N2O3. The van der Waals surface area contributed by atoms with Crippen molar-refractivity contribution in [3.05, 3.63) is 35.4 Å². The highest BCUT2D eigenvalue weighted by atomic mass is 19.1. The summed E-state index contributed by atoms with van der Waals surface area (Å²) < 4.78 is 37.7. The van der Waals surface area contributed by atoms with Gasteiger partial charge in [-0.2, -0.15) is 0 Å². The highest BCUT2D eigenvalue weighted by Gasteiger charge is 2.24. The summed E-state index contributed by atoms with van der Waals surface area (Å²) in [5.41, 5.74) is -0.0717. The molecule has 2 heterocycles. The summed E-state index contributed by atoms with van der Waals surface area (Å²) in [4.78, 5) is 16.4. The van der Waals surface area contributed by atoms with Crippen molar-refractivity contribution in [2.75, 3.05) is 45.9 Å². The molecule has 0 saturated carbocycles. The molecule has 0 unspecified atom stereocenters. The van der Waals surface area contributed by atoms with Crippen molar-refractivity contribution >= 4 is 5.91 Å². The molecule has 2 aliphatic rings. The molecule has 3 rings (SSSR count). The Morgan fingerprint density at radius 3 is 2.67 bits per heavy atom. The third-order valence-corrected chi connectivity index (χ3v) is 4.41. The molecule has 0 bridgehead atoms. The van der Waals surface area contributed by atoms with Crippen LogP contribution in [0.25, 0.3) is 0 Å². The Bertz CT molecular complexity index is 579. The van der Waals surface area contributed by atoms with Crippen LogP contribution in [0.3, 0.4) is 0 Å². The second kappa shape index (κ2) is 8.00. The number of carbonyl (C=O) groups excluding carboxylic acids is 1. The third-order valence-electron chi connectivity index (χ3n) is 4.41. The molecule has 0 radical (unpaired) electrons. The summed E-state index contributed by atoms with van der Waals surface area (Å²) >= 11 is 0. The first-order valence-corrected chi connectivity index (χ1v) is 8.33. The minimum absolute atomic E-state index is 0.0717. The lowest BCUT2D eigenvalue weighted by atomic mass is 10.1. The molecule has 2 saturated heterocycles. The maximum Gasteiger partial charge on any atom is 0.256 e. The van der Waals surface area contributed by atoms with Crippen LogP contribution in [0.1, 0.15) is 23.2 Å². The van der Waals surface area contributed by atoms with Crippen molar-refractivity contribution in [3.63, 3.8) is 0 Å². The van der Waals surface area contributed by atoms with Crippen molar-refractivity contribution in [1.82, 2.24) is 9.80 Å². The Morgan fingerprint density at radius 1 is 1.12 bits per heavy atom. The zero-order valence-corrected chi connectivity index (χ0v) is 13.5. The van der Waals surface area contributed by atoms with Crippen molar-refractivity contribution in [2.24, 2.45) is 0 Å². The van der Waals surface area contributed by atoms with Gasteiger partial charge < -0.3 is 19.3 Å². The maximum absolute atomic E-state index is 13.8. The molecule has 1 aromatic carbocycles. The number of ether oxygens (including phenoxy) is 2. The van der Waals surface area contributed by atoms with E-state index in [1.807, 2.05) is 0 Å². The van der Waals surface area contributed by atoms with Crippen LogP contribution in [0, 0.1) is 11.6 Å². The van der Waals surface area contributed by atoms with Crippen LogP contribution in [0.15, 0.2) is 18.2 Å². The van der Waals surface area contributed by atoms with Crippen LogP contribution < -0.4 is 0 Å². The molecule has 2 fully saturated rings. The highest BCUT2D eigenvalue weighted by molar-refractivity contribution is 5.94. The lowest BCUT2D eigenvalue weighted by Crippen LogP contribution is -2.36. The van der Waals surface area contributed by atoms with Gasteiger partial charge in [-0.1, -0.05) is 0 Å². The second-order valence-electron chi connectivity index (χ2n) is 6.07. The molecule has 1 aromatic rings. The number of rotatable bonds is 4. The van der Waals surface area contributed by atoms with E-state index in [1.54, 1.807) is 4.90 Å². The van der Waals surface area contributed by atoms with Gasteiger partial charge >= 0.3 is 0 Å². The molecular weight excluding hydrogens is 318 g/mol. The fourth-order valence-electron chi connectivity index (χ4n) is 3.09. The zero-order valence-electron chi connectivity index (χ0n) is 13.5. The van der Waals surface area contributed by atoms with Gasteiger partial charge in [-0.25, -0.2) is 8.78 Å². The molecule has 7 heteroatoms. The first-order chi connectivity index (χ1) is 11.6. The normalized spacial score (nSPS) is 20.3. The molecule has 0 spiro atoms. The van der Waals surface area contributed by atoms with Crippen molar-refractivity contribution in [2.45, 2.75) is 19.1 Å². The first-order valence-electron chi connectivity index (χ1n) is 8.33. The van der Waals surface area contributed by atoms with Gasteiger partial charge in [-0.15, -0.1) is 0 Å². The van der Waals surface area contributed by atoms with Gasteiger partial charge in [0.25, 0.3) is 5.91 Å². The molecule has 1 amide bonds. The average Bonchev–Trinajstić information content (AvgIpc) is 2.97. The largest absolute Gasteiger partial charge is 0.350 e. The van der Waals surface area contributed by atoms with Gasteiger partial charge in [0.1, 0.15) is 11.6 Å². The van der Waals surface area contributed by atoms with E-state index in [9.17, 15) is 13.6 Å². The lowest BCUT2D eigenvalue weighted by molar-refractivity contribution is -0.0513. The van der Waals surface area contributed by atoms with Gasteiger partial charge in [0.2, 0.25) is 0 Å². The van der Waals surface area contributed by atoms with Gasteiger partial charge in [0.05, 0.1) is 18.8 Å². The Morgan fingerprint density at radius 2 is 1.92 bits per heavy atom. The van der Waals surface area contributed by atoms with Gasteiger partial charge in [-0.3, -0.25) is 4.79 Å². The van der Waals surface area contributed by atoms with Gasteiger partial charge in [0, 0.05) is 38.7 Å². The maximum atomic E-state index is 13.8. The molecule has 24 heavy (non-hydrogen) atoms. The van der Waals surface area contributed by atoms with Crippen LogP contribution in [0.4, 0.5) is 8.78 Å². The predicted molar refractivity (Wildman–Crippen MR) is 83.6 cm³/mol. The smallest absolute Gasteiger partial charge is 0.256 e. The minimum Gasteiger partial charge on any atom is -0.350 e. The Labute approximate surface area is 140 Å². The number of hydrogen-bond donors (Lipinski definition) is 0. The first kappa shape index (κ1) is 17.3. The van der Waals surface area contributed by atoms with Crippen LogP contribution in [0.2, 0.25) is 0 Å². The van der Waals surface area contributed by atoms with Crippen LogP contribution in [0.5, 0.6) is 0 Å². The topological polar surface area (TPSA) is 42.0 Å². The van der Waals surface area contributed by atoms with E-state index in [0.29, 0.717) is 26.3 Å². The summed E-state index contributed by atoms with van der Waals surface area (Å²) in [5, 5.41) is 0. The highest BCUT2D eigenvalue weighted by Crippen LogP contribution is 2.15. The summed E-state index contributed by atoms with van der Waals surface area (Å²) in [6, 6.07) is 3.07. The van der Waals surface area contributed by atoms with E-state index in [1.165, 1.54) is 6.07 Å². The van der Waals surface area contributed by atoms with Crippen LogP contribution in [-0.2, 0) is 9.47 Å². The van der Waals surface area contributed by atoms with E-state index in [4.69, 9.17) is 9.47 Å². The monoisotopic (exact) mass is 340 g/mol. The van der Waals surface area contributed by atoms with Crippen molar-refractivity contribution in [3.8, 4) is 0 Å². The molecule has 0 aromatic heterocycles. The van der Waals surface area contributed by atoms with Crippen molar-refractivity contribution in [1.29, 1.82) is 0 Å². The third kappa shape index (κ3) is 4.28. The zero-order chi connectivity index (χ0) is 16.9. The predicted octanol–water partition coefficient (Wildman–Crippen LogP) is 1.88. The fraction of sp³-hybridized carbons (Fsp3) is 0.588. The SMILES string of the molecule is O=C(c1ccc(F)cc1F)N1CCCN(CCC2OCCO2)CC1. The molecule has 0 atom stereocenters. The molecule has 0 N–H and O–H groups in total. The summed E-state index contributed by atoms with van der Waals surface area (Å²) in [6.07, 6.45) is 1.50. The van der Waals surface area contributed by atoms with E-state index in [0.717, 1.165) is 44.6 Å². The minimum atomic E-state index is -0.809. The number of nitrogens with zero attached hydrogens (tertiary/aromatic N) is 2. The molecule has 0 aliphatic carbocycles. The standard InChI is InChI=1S/C17H22F2N2O3/c18-13-2-3-14(15(19)12-13)17(22)21-6-1-5-20(8-9-21)7-4-16-23-10-11-24-16/h2-3,12,16H,1,4-11H2. The number of halogens is 2. The quantitative estimate of drug-likeness (QED) is 0.839. The van der Waals surface area contributed by atoms with Gasteiger partial charge in [-0.05, 0) is 25.1 Å². The summed E-state index contributed by atoms with van der Waals surface area (Å²) in [5.74, 6) is -1.86. The Balaban J connectivity index is 1.53. The van der Waals surface area contributed by atoms with Crippen LogP contribution in [-0.4, -0.2) is 67.9 Å². The molecule has 2 aliphatic heterocycles. The van der Waals surface area contributed by atoms with Crippen molar-refractivity contribution < 1.29 is 23.0 Å². The average molecular weight is 340 g/mol. The number of amides is 1. The van der Waals surface area contributed by atoms with E-state index >= 15 is 0 Å². The summed E-state index contributed by atoms with van der Waals surface area (Å²) in [7, 11) is 0. The van der Waals surface area contributed by atoms with Gasteiger partial charge in [0.15, 0.2) is 6.29 Å². The second-order valence-corrected chi connectivity index (χ2v) is 6.07. The fourth-order valence-corrected chi connectivity index (χ4v) is 3.09. The number of hydrogen-bond acceptors (Lipinski definition) is 4. The van der Waals surface area contributed by atoms with E-state index in [2.05, 4.69) is 4.90 Å². The molecule has 5 nitrogen and oxygen atoms in total. The Kier molecular flexibility index (Phi) is 5.76. The summed E-state index contributed by atoms with van der Waals surface area (Å²) in [6.45, 7) is 4.85. The molecule has 132 valence electrons. The van der Waals surface area contributed by atoms with Crippen LogP contribution >= 0.6 is 0 Å². The number of benzene rings is 1. The van der Waals surface area contributed by atoms with E-state index in [-0.39, 0.29) is 17.8 Å².